The van der Waals surface area contributed by atoms with Crippen molar-refractivity contribution in [3.8, 4) is 22.9 Å². The first kappa shape index (κ1) is 19.4. The van der Waals surface area contributed by atoms with E-state index in [-0.39, 0.29) is 0 Å². The maximum Gasteiger partial charge on any atom is 0.248 e. The molecule has 1 aromatic carbocycles. The fourth-order valence-electron chi connectivity index (χ4n) is 3.52. The lowest BCUT2D eigenvalue weighted by Crippen LogP contribution is -2.31. The van der Waals surface area contributed by atoms with Gasteiger partial charge in [-0.3, -0.25) is 9.78 Å². The number of fused-ring (bicyclic) bond motifs is 1. The Morgan fingerprint density at radius 3 is 2.80 bits per heavy atom. The van der Waals surface area contributed by atoms with E-state index in [0.717, 1.165) is 11.1 Å². The standard InChI is InChI=1S/C21H22N6O3/c1-4-30-15-8-7-13(10-16(15)29-3)18-17(19(22)28)12(2)24-21-25-20(26-27(18)21)14-6-5-9-23-11-14/h5-11,18H,4H2,1-3H3,(H2,22,28)(H,24,25,26). The molecule has 0 bridgehead atoms. The van der Waals surface area contributed by atoms with Crippen LogP contribution in [-0.4, -0.2) is 39.4 Å². The lowest BCUT2D eigenvalue weighted by Gasteiger charge is -2.28. The molecule has 0 saturated heterocycles. The molecule has 0 aliphatic carbocycles. The maximum atomic E-state index is 12.4. The fourth-order valence-corrected chi connectivity index (χ4v) is 3.52. The molecular formula is C21H22N6O3. The summed E-state index contributed by atoms with van der Waals surface area (Å²) in [6.07, 6.45) is 3.37. The molecule has 1 unspecified atom stereocenters. The highest BCUT2D eigenvalue weighted by Gasteiger charge is 2.34. The molecule has 3 heterocycles. The van der Waals surface area contributed by atoms with E-state index in [1.54, 1.807) is 31.1 Å². The molecular weight excluding hydrogens is 384 g/mol. The predicted molar refractivity (Wildman–Crippen MR) is 111 cm³/mol. The number of anilines is 1. The summed E-state index contributed by atoms with van der Waals surface area (Å²) in [7, 11) is 1.57. The summed E-state index contributed by atoms with van der Waals surface area (Å²) >= 11 is 0. The van der Waals surface area contributed by atoms with Gasteiger partial charge in [-0.05, 0) is 43.7 Å². The predicted octanol–water partition coefficient (Wildman–Crippen LogP) is 2.52. The Morgan fingerprint density at radius 1 is 1.30 bits per heavy atom. The van der Waals surface area contributed by atoms with Crippen LogP contribution < -0.4 is 20.5 Å². The van der Waals surface area contributed by atoms with Crippen LogP contribution in [0.1, 0.15) is 25.5 Å². The number of allylic oxidation sites excluding steroid dienone is 1. The van der Waals surface area contributed by atoms with Gasteiger partial charge in [0.05, 0.1) is 19.3 Å². The number of nitrogens with two attached hydrogens (primary N) is 1. The van der Waals surface area contributed by atoms with Gasteiger partial charge in [-0.1, -0.05) is 6.07 Å². The van der Waals surface area contributed by atoms with Gasteiger partial charge in [-0.25, -0.2) is 4.68 Å². The summed E-state index contributed by atoms with van der Waals surface area (Å²) in [5, 5.41) is 7.78. The number of ether oxygens (including phenoxy) is 2. The van der Waals surface area contributed by atoms with Gasteiger partial charge in [-0.2, -0.15) is 4.98 Å². The average Bonchev–Trinajstić information content (AvgIpc) is 3.17. The van der Waals surface area contributed by atoms with Crippen molar-refractivity contribution in [2.45, 2.75) is 19.9 Å². The normalized spacial score (nSPS) is 15.4. The molecule has 3 N–H and O–H groups in total. The number of pyridine rings is 1. The molecule has 30 heavy (non-hydrogen) atoms. The van der Waals surface area contributed by atoms with Crippen molar-refractivity contribution >= 4 is 11.9 Å². The highest BCUT2D eigenvalue weighted by atomic mass is 16.5. The van der Waals surface area contributed by atoms with Crippen molar-refractivity contribution in [2.75, 3.05) is 19.0 Å². The summed E-state index contributed by atoms with van der Waals surface area (Å²) in [6.45, 7) is 4.20. The monoisotopic (exact) mass is 406 g/mol. The number of nitrogens with one attached hydrogen (secondary N) is 1. The molecule has 154 valence electrons. The van der Waals surface area contributed by atoms with Crippen molar-refractivity contribution < 1.29 is 14.3 Å². The van der Waals surface area contributed by atoms with Gasteiger partial charge in [0, 0.05) is 23.7 Å². The van der Waals surface area contributed by atoms with Crippen molar-refractivity contribution in [1.29, 1.82) is 0 Å². The number of hydrogen-bond donors (Lipinski definition) is 2. The van der Waals surface area contributed by atoms with E-state index in [2.05, 4.69) is 20.4 Å². The number of methoxy groups -OCH3 is 1. The van der Waals surface area contributed by atoms with E-state index < -0.39 is 11.9 Å². The van der Waals surface area contributed by atoms with Crippen LogP contribution in [0, 0.1) is 0 Å². The summed E-state index contributed by atoms with van der Waals surface area (Å²) in [5.41, 5.74) is 8.31. The lowest BCUT2D eigenvalue weighted by molar-refractivity contribution is -0.115. The van der Waals surface area contributed by atoms with Crippen LogP contribution in [-0.2, 0) is 4.79 Å². The minimum absolute atomic E-state index is 0.399. The second-order valence-corrected chi connectivity index (χ2v) is 6.72. The Morgan fingerprint density at radius 2 is 2.13 bits per heavy atom. The van der Waals surface area contributed by atoms with E-state index in [4.69, 9.17) is 15.2 Å². The Labute approximate surface area is 173 Å². The molecule has 1 aliphatic heterocycles. The van der Waals surface area contributed by atoms with Gasteiger partial charge in [0.25, 0.3) is 0 Å². The largest absolute Gasteiger partial charge is 0.493 e. The third kappa shape index (κ3) is 3.34. The first-order chi connectivity index (χ1) is 14.5. The minimum Gasteiger partial charge on any atom is -0.493 e. The quantitative estimate of drug-likeness (QED) is 0.646. The molecule has 0 spiro atoms. The summed E-state index contributed by atoms with van der Waals surface area (Å²) < 4.78 is 12.8. The van der Waals surface area contributed by atoms with Crippen LogP contribution in [0.15, 0.2) is 54.0 Å². The Bertz CT molecular complexity index is 1120. The van der Waals surface area contributed by atoms with Crippen LogP contribution in [0.5, 0.6) is 11.5 Å². The summed E-state index contributed by atoms with van der Waals surface area (Å²) in [5.74, 6) is 1.64. The Balaban J connectivity index is 1.87. The zero-order valence-electron chi connectivity index (χ0n) is 16.9. The maximum absolute atomic E-state index is 12.4. The zero-order valence-corrected chi connectivity index (χ0v) is 16.9. The van der Waals surface area contributed by atoms with Gasteiger partial charge < -0.3 is 20.5 Å². The van der Waals surface area contributed by atoms with Crippen LogP contribution in [0.25, 0.3) is 11.4 Å². The van der Waals surface area contributed by atoms with E-state index in [1.165, 1.54) is 0 Å². The number of carbonyl (C=O) groups excluding carboxylic acids is 1. The van der Waals surface area contributed by atoms with Gasteiger partial charge in [0.1, 0.15) is 6.04 Å². The highest BCUT2D eigenvalue weighted by Crippen LogP contribution is 2.39. The van der Waals surface area contributed by atoms with Crippen molar-refractivity contribution in [1.82, 2.24) is 19.7 Å². The molecule has 1 amide bonds. The molecule has 1 atom stereocenters. The molecule has 2 aromatic heterocycles. The number of benzene rings is 1. The van der Waals surface area contributed by atoms with Crippen LogP contribution in [0.2, 0.25) is 0 Å². The molecule has 3 aromatic rings. The van der Waals surface area contributed by atoms with Gasteiger partial charge in [0.15, 0.2) is 17.3 Å². The molecule has 0 fully saturated rings. The molecule has 4 rings (SSSR count). The number of carbonyl (C=O) groups is 1. The number of primary amides is 1. The smallest absolute Gasteiger partial charge is 0.248 e. The van der Waals surface area contributed by atoms with Crippen molar-refractivity contribution in [3.05, 3.63) is 59.6 Å². The van der Waals surface area contributed by atoms with Crippen molar-refractivity contribution in [2.24, 2.45) is 5.73 Å². The van der Waals surface area contributed by atoms with E-state index in [1.807, 2.05) is 37.3 Å². The number of amides is 1. The lowest BCUT2D eigenvalue weighted by atomic mass is 9.95. The fraction of sp³-hybridized carbons (Fsp3) is 0.238. The summed E-state index contributed by atoms with van der Waals surface area (Å²) in [6, 6.07) is 8.63. The van der Waals surface area contributed by atoms with E-state index >= 15 is 0 Å². The number of aromatic nitrogens is 4. The second-order valence-electron chi connectivity index (χ2n) is 6.72. The van der Waals surface area contributed by atoms with Crippen molar-refractivity contribution in [3.63, 3.8) is 0 Å². The highest BCUT2D eigenvalue weighted by molar-refractivity contribution is 5.95. The topological polar surface area (TPSA) is 117 Å². The molecule has 1 aliphatic rings. The average molecular weight is 406 g/mol. The third-order valence-corrected chi connectivity index (χ3v) is 4.84. The van der Waals surface area contributed by atoms with Gasteiger partial charge >= 0.3 is 0 Å². The molecule has 9 nitrogen and oxygen atoms in total. The van der Waals surface area contributed by atoms with Gasteiger partial charge in [-0.15, -0.1) is 5.10 Å². The third-order valence-electron chi connectivity index (χ3n) is 4.84. The minimum atomic E-state index is -0.568. The molecule has 9 heteroatoms. The Hall–Kier alpha value is -3.88. The SMILES string of the molecule is CCOc1ccc(C2C(C(N)=O)=C(C)Nc3nc(-c4cccnc4)nn32)cc1OC. The molecule has 0 radical (unpaired) electrons. The Kier molecular flexibility index (Phi) is 5.09. The number of hydrogen-bond acceptors (Lipinski definition) is 7. The van der Waals surface area contributed by atoms with E-state index in [0.29, 0.717) is 41.1 Å². The van der Waals surface area contributed by atoms with Crippen LogP contribution >= 0.6 is 0 Å². The number of rotatable bonds is 6. The van der Waals surface area contributed by atoms with E-state index in [9.17, 15) is 4.79 Å². The number of nitrogens with zero attached hydrogens (tertiary/aromatic N) is 4. The van der Waals surface area contributed by atoms with Gasteiger partial charge in [0.2, 0.25) is 11.9 Å². The first-order valence-electron chi connectivity index (χ1n) is 9.48. The van der Waals surface area contributed by atoms with Crippen LogP contribution in [0.4, 0.5) is 5.95 Å². The first-order valence-corrected chi connectivity index (χ1v) is 9.48. The summed E-state index contributed by atoms with van der Waals surface area (Å²) in [4.78, 5) is 21.1. The zero-order chi connectivity index (χ0) is 21.3. The van der Waals surface area contributed by atoms with Crippen LogP contribution in [0.3, 0.4) is 0 Å². The second kappa shape index (κ2) is 7.86. The molecule has 0 saturated carbocycles.